The number of fused-ring (bicyclic) bond motifs is 1. The topological polar surface area (TPSA) is 38.8 Å². The van der Waals surface area contributed by atoms with E-state index < -0.39 is 5.60 Å². The fourth-order valence-electron chi connectivity index (χ4n) is 3.51. The second-order valence-electron chi connectivity index (χ2n) is 8.16. The molecule has 0 atom stereocenters. The van der Waals surface area contributed by atoms with Crippen LogP contribution in [-0.2, 0) is 11.2 Å². The van der Waals surface area contributed by atoms with Gasteiger partial charge in [0, 0.05) is 13.1 Å². The molecule has 0 saturated carbocycles. The molecule has 0 unspecified atom stereocenters. The lowest BCUT2D eigenvalue weighted by molar-refractivity contribution is 0.0184. The van der Waals surface area contributed by atoms with Gasteiger partial charge in [-0.25, -0.2) is 4.79 Å². The Morgan fingerprint density at radius 2 is 1.77 bits per heavy atom. The number of likely N-dealkylation sites (tertiary alicyclic amines) is 1. The van der Waals surface area contributed by atoms with Gasteiger partial charge in [0.25, 0.3) is 0 Å². The van der Waals surface area contributed by atoms with E-state index in [-0.39, 0.29) is 6.09 Å². The largest absolute Gasteiger partial charge is 0.497 e. The van der Waals surface area contributed by atoms with Crippen molar-refractivity contribution in [3.63, 3.8) is 0 Å². The Kier molecular flexibility index (Phi) is 5.40. The number of rotatable bonds is 3. The summed E-state index contributed by atoms with van der Waals surface area (Å²) in [5.74, 6) is 1.50. The van der Waals surface area contributed by atoms with Gasteiger partial charge in [-0.3, -0.25) is 0 Å². The van der Waals surface area contributed by atoms with Crippen molar-refractivity contribution in [3.05, 3.63) is 42.0 Å². The van der Waals surface area contributed by atoms with Gasteiger partial charge < -0.3 is 14.4 Å². The summed E-state index contributed by atoms with van der Waals surface area (Å²) in [6, 6.07) is 12.8. The SMILES string of the molecule is COc1ccc2ccc(CC3CCN(C(=O)OC(C)(C)C)CC3)cc2c1. The molecule has 1 fully saturated rings. The first-order valence-corrected chi connectivity index (χ1v) is 9.39. The third kappa shape index (κ3) is 4.69. The molecule has 1 heterocycles. The fraction of sp³-hybridized carbons (Fsp3) is 0.500. The summed E-state index contributed by atoms with van der Waals surface area (Å²) in [6.07, 6.45) is 2.91. The Morgan fingerprint density at radius 1 is 1.08 bits per heavy atom. The van der Waals surface area contributed by atoms with E-state index in [1.807, 2.05) is 31.7 Å². The zero-order valence-electron chi connectivity index (χ0n) is 16.2. The lowest BCUT2D eigenvalue weighted by Crippen LogP contribution is -2.42. The normalized spacial score (nSPS) is 15.9. The Balaban J connectivity index is 1.59. The first kappa shape index (κ1) is 18.6. The van der Waals surface area contributed by atoms with Crippen LogP contribution in [0.3, 0.4) is 0 Å². The number of hydrogen-bond acceptors (Lipinski definition) is 3. The lowest BCUT2D eigenvalue weighted by atomic mass is 9.89. The van der Waals surface area contributed by atoms with Gasteiger partial charge in [0.1, 0.15) is 11.4 Å². The molecule has 0 N–H and O–H groups in total. The maximum absolute atomic E-state index is 12.2. The summed E-state index contributed by atoms with van der Waals surface area (Å²) in [5.41, 5.74) is 0.918. The minimum Gasteiger partial charge on any atom is -0.497 e. The second kappa shape index (κ2) is 7.56. The summed E-state index contributed by atoms with van der Waals surface area (Å²) in [5, 5.41) is 2.45. The molecule has 1 aliphatic heterocycles. The number of amides is 1. The van der Waals surface area contributed by atoms with Crippen molar-refractivity contribution in [1.29, 1.82) is 0 Å². The number of piperidine rings is 1. The van der Waals surface area contributed by atoms with E-state index in [4.69, 9.17) is 9.47 Å². The number of carbonyl (C=O) groups is 1. The highest BCUT2D eigenvalue weighted by Gasteiger charge is 2.26. The van der Waals surface area contributed by atoms with E-state index in [0.29, 0.717) is 5.92 Å². The van der Waals surface area contributed by atoms with Crippen LogP contribution >= 0.6 is 0 Å². The minimum atomic E-state index is -0.430. The van der Waals surface area contributed by atoms with Crippen LogP contribution in [0.5, 0.6) is 5.75 Å². The molecule has 3 rings (SSSR count). The Bertz CT molecular complexity index is 771. The van der Waals surface area contributed by atoms with Crippen LogP contribution in [0.2, 0.25) is 0 Å². The molecule has 26 heavy (non-hydrogen) atoms. The first-order chi connectivity index (χ1) is 12.3. The molecule has 1 aliphatic rings. The third-order valence-electron chi connectivity index (χ3n) is 4.90. The van der Waals surface area contributed by atoms with Crippen molar-refractivity contribution in [3.8, 4) is 5.75 Å². The van der Waals surface area contributed by atoms with Gasteiger partial charge in [-0.15, -0.1) is 0 Å². The van der Waals surface area contributed by atoms with Crippen LogP contribution in [0, 0.1) is 5.92 Å². The molecule has 140 valence electrons. The van der Waals surface area contributed by atoms with E-state index in [0.717, 1.165) is 38.1 Å². The van der Waals surface area contributed by atoms with Crippen LogP contribution in [0.25, 0.3) is 10.8 Å². The van der Waals surface area contributed by atoms with Crippen LogP contribution in [-0.4, -0.2) is 36.8 Å². The van der Waals surface area contributed by atoms with Gasteiger partial charge in [-0.1, -0.05) is 24.3 Å². The molecule has 2 aromatic rings. The molecule has 0 radical (unpaired) electrons. The molecule has 1 saturated heterocycles. The maximum atomic E-state index is 12.2. The zero-order valence-corrected chi connectivity index (χ0v) is 16.2. The molecule has 4 heteroatoms. The summed E-state index contributed by atoms with van der Waals surface area (Å²) in [6.45, 7) is 7.28. The standard InChI is InChI=1S/C22H29NO3/c1-22(2,3)26-21(24)23-11-9-16(10-12-23)13-17-5-6-18-7-8-20(25-4)15-19(18)14-17/h5-8,14-16H,9-13H2,1-4H3. The van der Waals surface area contributed by atoms with Crippen molar-refractivity contribution in [2.45, 2.75) is 45.6 Å². The van der Waals surface area contributed by atoms with Crippen molar-refractivity contribution in [2.75, 3.05) is 20.2 Å². The fourth-order valence-corrected chi connectivity index (χ4v) is 3.51. The highest BCUT2D eigenvalue weighted by molar-refractivity contribution is 5.84. The summed E-state index contributed by atoms with van der Waals surface area (Å²) in [7, 11) is 1.70. The Hall–Kier alpha value is -2.23. The van der Waals surface area contributed by atoms with Crippen molar-refractivity contribution < 1.29 is 14.3 Å². The average Bonchev–Trinajstić information content (AvgIpc) is 2.60. The van der Waals surface area contributed by atoms with E-state index in [9.17, 15) is 4.79 Å². The highest BCUT2D eigenvalue weighted by Crippen LogP contribution is 2.26. The Morgan fingerprint density at radius 3 is 2.42 bits per heavy atom. The van der Waals surface area contributed by atoms with E-state index in [1.165, 1.54) is 16.3 Å². The highest BCUT2D eigenvalue weighted by atomic mass is 16.6. The molecule has 1 amide bonds. The van der Waals surface area contributed by atoms with Crippen LogP contribution in [0.4, 0.5) is 4.79 Å². The smallest absolute Gasteiger partial charge is 0.410 e. The summed E-state index contributed by atoms with van der Waals surface area (Å²) < 4.78 is 10.8. The van der Waals surface area contributed by atoms with Crippen LogP contribution < -0.4 is 4.74 Å². The number of methoxy groups -OCH3 is 1. The minimum absolute atomic E-state index is 0.186. The lowest BCUT2D eigenvalue weighted by Gasteiger charge is -2.33. The van der Waals surface area contributed by atoms with E-state index >= 15 is 0 Å². The number of hydrogen-bond donors (Lipinski definition) is 0. The molecular weight excluding hydrogens is 326 g/mol. The van der Waals surface area contributed by atoms with E-state index in [1.54, 1.807) is 7.11 Å². The van der Waals surface area contributed by atoms with Gasteiger partial charge in [0.15, 0.2) is 0 Å². The zero-order chi connectivity index (χ0) is 18.7. The third-order valence-corrected chi connectivity index (χ3v) is 4.90. The summed E-state index contributed by atoms with van der Waals surface area (Å²) in [4.78, 5) is 14.0. The van der Waals surface area contributed by atoms with Crippen molar-refractivity contribution in [2.24, 2.45) is 5.92 Å². The molecule has 0 aromatic heterocycles. The summed E-state index contributed by atoms with van der Waals surface area (Å²) >= 11 is 0. The second-order valence-corrected chi connectivity index (χ2v) is 8.16. The Labute approximate surface area is 156 Å². The van der Waals surface area contributed by atoms with Gasteiger partial charge >= 0.3 is 6.09 Å². The molecule has 4 nitrogen and oxygen atoms in total. The average molecular weight is 355 g/mol. The molecular formula is C22H29NO3. The number of carbonyl (C=O) groups excluding carboxylic acids is 1. The number of benzene rings is 2. The predicted molar refractivity (Wildman–Crippen MR) is 105 cm³/mol. The van der Waals surface area contributed by atoms with Crippen molar-refractivity contribution in [1.82, 2.24) is 4.90 Å². The molecule has 0 bridgehead atoms. The predicted octanol–water partition coefficient (Wildman–Crippen LogP) is 5.04. The van der Waals surface area contributed by atoms with Crippen LogP contribution in [0.1, 0.15) is 39.2 Å². The monoisotopic (exact) mass is 355 g/mol. The molecule has 0 spiro atoms. The maximum Gasteiger partial charge on any atom is 0.410 e. The van der Waals surface area contributed by atoms with Gasteiger partial charge in [0.2, 0.25) is 0 Å². The van der Waals surface area contributed by atoms with Gasteiger partial charge in [-0.2, -0.15) is 0 Å². The van der Waals surface area contributed by atoms with Gasteiger partial charge in [-0.05, 0) is 74.4 Å². The first-order valence-electron chi connectivity index (χ1n) is 9.39. The van der Waals surface area contributed by atoms with Gasteiger partial charge in [0.05, 0.1) is 7.11 Å². The number of ether oxygens (including phenoxy) is 2. The van der Waals surface area contributed by atoms with E-state index in [2.05, 4.69) is 30.3 Å². The molecule has 2 aromatic carbocycles. The number of nitrogens with zero attached hydrogens (tertiary/aromatic N) is 1. The molecule has 0 aliphatic carbocycles. The quantitative estimate of drug-likeness (QED) is 0.774. The van der Waals surface area contributed by atoms with Crippen LogP contribution in [0.15, 0.2) is 36.4 Å². The van der Waals surface area contributed by atoms with Crippen molar-refractivity contribution >= 4 is 16.9 Å².